The maximum absolute atomic E-state index is 10.2. The molecule has 1 amide bonds. The molecule has 0 aromatic heterocycles. The normalized spacial score (nSPS) is 9.14. The third-order valence-corrected chi connectivity index (χ3v) is 2.53. The van der Waals surface area contributed by atoms with Crippen molar-refractivity contribution in [3.05, 3.63) is 35.9 Å². The van der Waals surface area contributed by atoms with E-state index in [2.05, 4.69) is 22.9 Å². The summed E-state index contributed by atoms with van der Waals surface area (Å²) in [7, 11) is 5.28. The molecule has 0 bridgehead atoms. The summed E-state index contributed by atoms with van der Waals surface area (Å²) in [5, 5.41) is 7.98. The molecule has 0 aliphatic heterocycles. The fraction of sp³-hybridized carbons (Fsp3) is 0.571. The zero-order valence-corrected chi connectivity index (χ0v) is 18.7. The first-order valence-electron chi connectivity index (χ1n) is 9.57. The first-order chi connectivity index (χ1) is 13.4. The minimum absolute atomic E-state index is 0.178. The second-order valence-corrected chi connectivity index (χ2v) is 5.23. The monoisotopic (exact) mass is 398 g/mol. The van der Waals surface area contributed by atoms with E-state index < -0.39 is 0 Å². The Kier molecular flexibility index (Phi) is 39.0. The molecular formula is C21H42N4O3. The number of nitrogens with one attached hydrogen (secondary N) is 3. The van der Waals surface area contributed by atoms with E-state index in [1.54, 1.807) is 21.0 Å². The number of rotatable bonds is 8. The molecule has 0 radical (unpaired) electrons. The lowest BCUT2D eigenvalue weighted by Gasteiger charge is -2.02. The summed E-state index contributed by atoms with van der Waals surface area (Å²) in [4.78, 5) is 29.2. The Morgan fingerprint density at radius 3 is 1.79 bits per heavy atom. The van der Waals surface area contributed by atoms with E-state index in [9.17, 15) is 9.59 Å². The van der Waals surface area contributed by atoms with Gasteiger partial charge in [0, 0.05) is 7.05 Å². The summed E-state index contributed by atoms with van der Waals surface area (Å²) in [6, 6.07) is 9.37. The van der Waals surface area contributed by atoms with Crippen molar-refractivity contribution in [1.29, 1.82) is 0 Å². The molecule has 1 aromatic carbocycles. The zero-order chi connectivity index (χ0) is 22.6. The highest BCUT2D eigenvalue weighted by molar-refractivity contribution is 5.77. The molecule has 1 unspecified atom stereocenters. The van der Waals surface area contributed by atoms with Crippen LogP contribution < -0.4 is 21.7 Å². The lowest BCUT2D eigenvalue weighted by atomic mass is 10.1. The lowest BCUT2D eigenvalue weighted by Crippen LogP contribution is -2.23. The standard InChI is InChI=1S/C9H11NO.C4H9NO.C4H11N.C2H5NO.C2H6/c10-9(7-11)6-8-4-2-1-3-5-8;1-4(6)3-5-2;1-3-4-5-2;1-3-2-4;1-2/h1-5,7,9H,6,10H2;5H,3H2,1-2H3;5H,3-4H2,1-2H3;2H,1H3,(H,3,4);1-2H3. The highest BCUT2D eigenvalue weighted by atomic mass is 16.1. The van der Waals surface area contributed by atoms with Gasteiger partial charge in [-0.3, -0.25) is 9.59 Å². The number of benzene rings is 1. The average Bonchev–Trinajstić information content (AvgIpc) is 2.72. The van der Waals surface area contributed by atoms with E-state index in [4.69, 9.17) is 10.5 Å². The number of amides is 1. The molecule has 1 aromatic rings. The Labute approximate surface area is 171 Å². The fourth-order valence-electron chi connectivity index (χ4n) is 1.43. The molecule has 28 heavy (non-hydrogen) atoms. The molecule has 0 saturated heterocycles. The quantitative estimate of drug-likeness (QED) is 0.494. The molecule has 0 fully saturated rings. The van der Waals surface area contributed by atoms with Crippen LogP contribution in [0.3, 0.4) is 0 Å². The molecule has 7 nitrogen and oxygen atoms in total. The summed E-state index contributed by atoms with van der Waals surface area (Å²) < 4.78 is 0. The van der Waals surface area contributed by atoms with Gasteiger partial charge < -0.3 is 26.5 Å². The minimum atomic E-state index is -0.364. The summed E-state index contributed by atoms with van der Waals surface area (Å²) in [6.45, 7) is 9.33. The van der Waals surface area contributed by atoms with Crippen LogP contribution in [0.15, 0.2) is 30.3 Å². The third kappa shape index (κ3) is 39.1. The fourth-order valence-corrected chi connectivity index (χ4v) is 1.43. The van der Waals surface area contributed by atoms with Gasteiger partial charge >= 0.3 is 0 Å². The highest BCUT2D eigenvalue weighted by Crippen LogP contribution is 1.99. The zero-order valence-electron chi connectivity index (χ0n) is 18.7. The van der Waals surface area contributed by atoms with Crippen LogP contribution in [0.5, 0.6) is 0 Å². The molecule has 0 spiro atoms. The number of carbonyl (C=O) groups excluding carboxylic acids is 3. The Bertz CT molecular complexity index is 427. The number of ketones is 1. The molecule has 0 aliphatic rings. The second-order valence-electron chi connectivity index (χ2n) is 5.23. The Hall–Kier alpha value is -2.09. The summed E-state index contributed by atoms with van der Waals surface area (Å²) in [6.07, 6.45) is 3.26. The van der Waals surface area contributed by atoms with Gasteiger partial charge in [0.1, 0.15) is 12.1 Å². The van der Waals surface area contributed by atoms with Crippen LogP contribution in [-0.4, -0.2) is 58.8 Å². The van der Waals surface area contributed by atoms with Crippen molar-refractivity contribution < 1.29 is 14.4 Å². The Morgan fingerprint density at radius 1 is 1.07 bits per heavy atom. The largest absolute Gasteiger partial charge is 0.362 e. The van der Waals surface area contributed by atoms with Crippen LogP contribution in [0.1, 0.15) is 39.7 Å². The molecule has 1 atom stereocenters. The van der Waals surface area contributed by atoms with Crippen LogP contribution in [0.4, 0.5) is 0 Å². The number of hydrogen-bond donors (Lipinski definition) is 4. The topological polar surface area (TPSA) is 113 Å². The smallest absolute Gasteiger partial charge is 0.206 e. The van der Waals surface area contributed by atoms with E-state index in [1.807, 2.05) is 51.2 Å². The van der Waals surface area contributed by atoms with Crippen molar-refractivity contribution in [2.24, 2.45) is 5.73 Å². The van der Waals surface area contributed by atoms with Gasteiger partial charge in [-0.25, -0.2) is 0 Å². The summed E-state index contributed by atoms with van der Waals surface area (Å²) in [5.41, 5.74) is 6.54. The van der Waals surface area contributed by atoms with Gasteiger partial charge in [0.2, 0.25) is 6.41 Å². The minimum Gasteiger partial charge on any atom is -0.362 e. The van der Waals surface area contributed by atoms with E-state index in [0.717, 1.165) is 18.4 Å². The summed E-state index contributed by atoms with van der Waals surface area (Å²) in [5.74, 6) is 0.178. The van der Waals surface area contributed by atoms with Crippen LogP contribution in [0.2, 0.25) is 0 Å². The Morgan fingerprint density at radius 2 is 1.57 bits per heavy atom. The predicted molar refractivity (Wildman–Crippen MR) is 119 cm³/mol. The van der Waals surface area contributed by atoms with Gasteiger partial charge in [-0.1, -0.05) is 51.1 Å². The van der Waals surface area contributed by atoms with Gasteiger partial charge in [-0.15, -0.1) is 0 Å². The van der Waals surface area contributed by atoms with Crippen molar-refractivity contribution in [2.75, 3.05) is 34.2 Å². The maximum Gasteiger partial charge on any atom is 0.206 e. The van der Waals surface area contributed by atoms with Gasteiger partial charge in [0.15, 0.2) is 0 Å². The van der Waals surface area contributed by atoms with Crippen molar-refractivity contribution in [3.63, 3.8) is 0 Å². The molecule has 1 rings (SSSR count). The number of aldehydes is 1. The molecule has 0 aliphatic carbocycles. The van der Waals surface area contributed by atoms with E-state index in [-0.39, 0.29) is 11.8 Å². The third-order valence-electron chi connectivity index (χ3n) is 2.53. The van der Waals surface area contributed by atoms with Gasteiger partial charge in [0.25, 0.3) is 0 Å². The SMILES string of the molecule is CC.CCCNC.CNC=O.CNCC(C)=O.NC(C=O)Cc1ccccc1. The highest BCUT2D eigenvalue weighted by Gasteiger charge is 1.99. The van der Waals surface area contributed by atoms with Crippen LogP contribution in [0, 0.1) is 0 Å². The number of likely N-dealkylation sites (N-methyl/N-ethyl adjacent to an activating group) is 1. The molecule has 164 valence electrons. The second kappa shape index (κ2) is 32.6. The summed E-state index contributed by atoms with van der Waals surface area (Å²) >= 11 is 0. The van der Waals surface area contributed by atoms with Gasteiger partial charge in [-0.2, -0.15) is 0 Å². The van der Waals surface area contributed by atoms with Crippen molar-refractivity contribution in [3.8, 4) is 0 Å². The van der Waals surface area contributed by atoms with Crippen molar-refractivity contribution in [2.45, 2.75) is 46.6 Å². The van der Waals surface area contributed by atoms with Gasteiger partial charge in [0.05, 0.1) is 12.6 Å². The van der Waals surface area contributed by atoms with Crippen molar-refractivity contribution >= 4 is 18.5 Å². The molecular weight excluding hydrogens is 356 g/mol. The molecule has 5 N–H and O–H groups in total. The number of hydrogen-bond acceptors (Lipinski definition) is 6. The molecule has 7 heteroatoms. The van der Waals surface area contributed by atoms with Crippen LogP contribution in [-0.2, 0) is 20.8 Å². The van der Waals surface area contributed by atoms with Gasteiger partial charge in [-0.05, 0) is 46.0 Å². The number of carbonyl (C=O) groups is 3. The number of Topliss-reactive ketones (excluding diaryl/α,β-unsaturated/α-hetero) is 1. The molecule has 0 heterocycles. The average molecular weight is 399 g/mol. The van der Waals surface area contributed by atoms with Crippen LogP contribution >= 0.6 is 0 Å². The lowest BCUT2D eigenvalue weighted by molar-refractivity contribution is -0.116. The maximum atomic E-state index is 10.2. The van der Waals surface area contributed by atoms with E-state index >= 15 is 0 Å². The first-order valence-corrected chi connectivity index (χ1v) is 9.57. The van der Waals surface area contributed by atoms with Crippen LogP contribution in [0.25, 0.3) is 0 Å². The Balaban J connectivity index is -0.000000145. The molecule has 0 saturated carbocycles. The first kappa shape index (κ1) is 33.5. The van der Waals surface area contributed by atoms with Crippen molar-refractivity contribution in [1.82, 2.24) is 16.0 Å². The number of nitrogens with two attached hydrogens (primary N) is 1. The van der Waals surface area contributed by atoms with E-state index in [1.165, 1.54) is 6.42 Å². The van der Waals surface area contributed by atoms with E-state index in [0.29, 0.717) is 19.4 Å². The predicted octanol–water partition coefficient (Wildman–Crippen LogP) is 1.55.